The van der Waals surface area contributed by atoms with Gasteiger partial charge in [-0.25, -0.2) is 0 Å². The molecule has 2 aromatic rings. The second kappa shape index (κ2) is 4.65. The zero-order chi connectivity index (χ0) is 12.5. The van der Waals surface area contributed by atoms with Crippen LogP contribution in [-0.4, -0.2) is 24.8 Å². The van der Waals surface area contributed by atoms with Gasteiger partial charge in [0.2, 0.25) is 0 Å². The van der Waals surface area contributed by atoms with E-state index in [0.29, 0.717) is 5.92 Å². The van der Waals surface area contributed by atoms with Crippen molar-refractivity contribution in [3.8, 4) is 5.75 Å². The summed E-state index contributed by atoms with van der Waals surface area (Å²) >= 11 is 0. The number of hydrogen-bond acceptors (Lipinski definition) is 2. The molecule has 3 heteroatoms. The van der Waals surface area contributed by atoms with E-state index in [1.54, 1.807) is 7.11 Å². The SMILES string of the molecule is COc1ccc(C2CCNCC2)c2ccn(C)c12. The number of hydrogen-bond donors (Lipinski definition) is 1. The van der Waals surface area contributed by atoms with E-state index < -0.39 is 0 Å². The molecule has 0 unspecified atom stereocenters. The van der Waals surface area contributed by atoms with Crippen molar-refractivity contribution < 1.29 is 4.74 Å². The summed E-state index contributed by atoms with van der Waals surface area (Å²) in [6.07, 6.45) is 4.59. The van der Waals surface area contributed by atoms with Crippen molar-refractivity contribution in [2.45, 2.75) is 18.8 Å². The molecule has 3 nitrogen and oxygen atoms in total. The third kappa shape index (κ3) is 1.79. The van der Waals surface area contributed by atoms with E-state index in [-0.39, 0.29) is 0 Å². The number of fused-ring (bicyclic) bond motifs is 1. The molecule has 1 aromatic heterocycles. The van der Waals surface area contributed by atoms with E-state index in [1.807, 2.05) is 0 Å². The van der Waals surface area contributed by atoms with Crippen molar-refractivity contribution in [2.75, 3.05) is 20.2 Å². The Balaban J connectivity index is 2.12. The van der Waals surface area contributed by atoms with Crippen LogP contribution in [0.2, 0.25) is 0 Å². The van der Waals surface area contributed by atoms with Crippen molar-refractivity contribution >= 4 is 10.9 Å². The predicted octanol–water partition coefficient (Wildman–Crippen LogP) is 2.65. The van der Waals surface area contributed by atoms with E-state index in [9.17, 15) is 0 Å². The summed E-state index contributed by atoms with van der Waals surface area (Å²) < 4.78 is 7.63. The van der Waals surface area contributed by atoms with Gasteiger partial charge in [-0.05, 0) is 49.5 Å². The highest BCUT2D eigenvalue weighted by molar-refractivity contribution is 5.89. The first-order chi connectivity index (χ1) is 8.81. The number of piperidine rings is 1. The first-order valence-electron chi connectivity index (χ1n) is 6.64. The molecule has 0 radical (unpaired) electrons. The van der Waals surface area contributed by atoms with Crippen molar-refractivity contribution in [3.05, 3.63) is 30.0 Å². The number of nitrogens with zero attached hydrogens (tertiary/aromatic N) is 1. The van der Waals surface area contributed by atoms with Crippen LogP contribution in [0.3, 0.4) is 0 Å². The number of nitrogens with one attached hydrogen (secondary N) is 1. The van der Waals surface area contributed by atoms with Gasteiger partial charge in [0.05, 0.1) is 12.6 Å². The van der Waals surface area contributed by atoms with Gasteiger partial charge in [-0.3, -0.25) is 0 Å². The van der Waals surface area contributed by atoms with Crippen molar-refractivity contribution in [1.29, 1.82) is 0 Å². The maximum Gasteiger partial charge on any atom is 0.143 e. The lowest BCUT2D eigenvalue weighted by molar-refractivity contribution is 0.417. The smallest absolute Gasteiger partial charge is 0.143 e. The van der Waals surface area contributed by atoms with Gasteiger partial charge >= 0.3 is 0 Å². The average molecular weight is 244 g/mol. The van der Waals surface area contributed by atoms with Crippen molar-refractivity contribution in [1.82, 2.24) is 9.88 Å². The third-order valence-electron chi connectivity index (χ3n) is 4.03. The number of rotatable bonds is 2. The molecule has 1 saturated heterocycles. The average Bonchev–Trinajstić information content (AvgIpc) is 2.81. The fraction of sp³-hybridized carbons (Fsp3) is 0.467. The quantitative estimate of drug-likeness (QED) is 0.879. The van der Waals surface area contributed by atoms with Gasteiger partial charge in [-0.1, -0.05) is 6.07 Å². The lowest BCUT2D eigenvalue weighted by Crippen LogP contribution is -2.26. The zero-order valence-corrected chi connectivity index (χ0v) is 11.1. The van der Waals surface area contributed by atoms with E-state index in [4.69, 9.17) is 4.74 Å². The molecule has 1 aromatic carbocycles. The molecule has 0 saturated carbocycles. The number of methoxy groups -OCH3 is 1. The van der Waals surface area contributed by atoms with Crippen LogP contribution in [0.5, 0.6) is 5.75 Å². The van der Waals surface area contributed by atoms with Crippen LogP contribution in [0.25, 0.3) is 10.9 Å². The summed E-state index contributed by atoms with van der Waals surface area (Å²) in [4.78, 5) is 0. The fourth-order valence-corrected chi connectivity index (χ4v) is 3.06. The van der Waals surface area contributed by atoms with Crippen LogP contribution in [0.1, 0.15) is 24.3 Å². The highest BCUT2D eigenvalue weighted by atomic mass is 16.5. The van der Waals surface area contributed by atoms with Crippen molar-refractivity contribution in [2.24, 2.45) is 7.05 Å². The zero-order valence-electron chi connectivity index (χ0n) is 11.1. The predicted molar refractivity (Wildman–Crippen MR) is 74.3 cm³/mol. The maximum atomic E-state index is 5.48. The van der Waals surface area contributed by atoms with Crippen LogP contribution in [0, 0.1) is 0 Å². The summed E-state index contributed by atoms with van der Waals surface area (Å²) in [5.74, 6) is 1.65. The standard InChI is InChI=1S/C15H20N2O/c1-17-10-7-13-12(11-5-8-16-9-6-11)3-4-14(18-2)15(13)17/h3-4,7,10-11,16H,5-6,8-9H2,1-2H3. The Bertz CT molecular complexity index is 553. The van der Waals surface area contributed by atoms with Crippen LogP contribution >= 0.6 is 0 Å². The second-order valence-corrected chi connectivity index (χ2v) is 5.07. The Labute approximate surface area is 108 Å². The molecule has 2 heterocycles. The number of aromatic nitrogens is 1. The summed E-state index contributed by atoms with van der Waals surface area (Å²) in [5.41, 5.74) is 2.70. The number of aryl methyl sites for hydroxylation is 1. The minimum absolute atomic E-state index is 0.682. The molecule has 96 valence electrons. The monoisotopic (exact) mass is 244 g/mol. The Morgan fingerprint density at radius 2 is 2.00 bits per heavy atom. The van der Waals surface area contributed by atoms with Gasteiger partial charge in [0.15, 0.2) is 0 Å². The molecule has 1 N–H and O–H groups in total. The van der Waals surface area contributed by atoms with Gasteiger partial charge in [0, 0.05) is 18.6 Å². The Kier molecular flexibility index (Phi) is 3.00. The minimum atomic E-state index is 0.682. The fourth-order valence-electron chi connectivity index (χ4n) is 3.06. The van der Waals surface area contributed by atoms with E-state index in [0.717, 1.165) is 18.8 Å². The van der Waals surface area contributed by atoms with Crippen LogP contribution in [0.4, 0.5) is 0 Å². The Hall–Kier alpha value is -1.48. The van der Waals surface area contributed by atoms with Gasteiger partial charge in [0.1, 0.15) is 5.75 Å². The van der Waals surface area contributed by atoms with Gasteiger partial charge in [-0.15, -0.1) is 0 Å². The Morgan fingerprint density at radius 1 is 1.22 bits per heavy atom. The largest absolute Gasteiger partial charge is 0.495 e. The van der Waals surface area contributed by atoms with Crippen LogP contribution in [0.15, 0.2) is 24.4 Å². The molecular formula is C15H20N2O. The molecule has 0 aliphatic carbocycles. The van der Waals surface area contributed by atoms with Gasteiger partial charge < -0.3 is 14.6 Å². The lowest BCUT2D eigenvalue weighted by Gasteiger charge is -2.24. The molecule has 1 aliphatic rings. The van der Waals surface area contributed by atoms with Crippen molar-refractivity contribution in [3.63, 3.8) is 0 Å². The number of ether oxygens (including phenoxy) is 1. The van der Waals surface area contributed by atoms with Gasteiger partial charge in [-0.2, -0.15) is 0 Å². The van der Waals surface area contributed by atoms with Gasteiger partial charge in [0.25, 0.3) is 0 Å². The molecule has 18 heavy (non-hydrogen) atoms. The molecule has 0 spiro atoms. The molecule has 3 rings (SSSR count). The van der Waals surface area contributed by atoms with E-state index >= 15 is 0 Å². The molecule has 1 fully saturated rings. The summed E-state index contributed by atoms with van der Waals surface area (Å²) in [6, 6.07) is 6.58. The molecule has 0 atom stereocenters. The first-order valence-corrected chi connectivity index (χ1v) is 6.64. The normalized spacial score (nSPS) is 17.2. The number of benzene rings is 1. The topological polar surface area (TPSA) is 26.2 Å². The lowest BCUT2D eigenvalue weighted by atomic mass is 9.88. The highest BCUT2D eigenvalue weighted by Gasteiger charge is 2.19. The summed E-state index contributed by atoms with van der Waals surface area (Å²) in [6.45, 7) is 2.26. The third-order valence-corrected chi connectivity index (χ3v) is 4.03. The molecule has 0 amide bonds. The second-order valence-electron chi connectivity index (χ2n) is 5.07. The highest BCUT2D eigenvalue weighted by Crippen LogP contribution is 2.35. The van der Waals surface area contributed by atoms with E-state index in [1.165, 1.54) is 29.3 Å². The minimum Gasteiger partial charge on any atom is -0.495 e. The summed E-state index contributed by atoms with van der Waals surface area (Å²) in [5, 5.41) is 4.78. The van der Waals surface area contributed by atoms with Crippen LogP contribution in [-0.2, 0) is 7.05 Å². The molecular weight excluding hydrogens is 224 g/mol. The molecule has 1 aliphatic heterocycles. The maximum absolute atomic E-state index is 5.48. The summed E-state index contributed by atoms with van der Waals surface area (Å²) in [7, 11) is 3.82. The van der Waals surface area contributed by atoms with E-state index in [2.05, 4.69) is 41.3 Å². The molecule has 0 bridgehead atoms. The van der Waals surface area contributed by atoms with Crippen LogP contribution < -0.4 is 10.1 Å². The first kappa shape index (κ1) is 11.6. The Morgan fingerprint density at radius 3 is 2.72 bits per heavy atom.